The number of carbonyl (C=O) groups excluding carboxylic acids is 2. The molecule has 0 bridgehead atoms. The SMILES string of the molecule is Cc1cc(CN(C)C(=O)C2CCN(C(=O)/C=C/c3ccccc3)CC2)no1. The minimum Gasteiger partial charge on any atom is -0.361 e. The Hall–Kier alpha value is -2.89. The van der Waals surface area contributed by atoms with Gasteiger partial charge in [-0.15, -0.1) is 0 Å². The van der Waals surface area contributed by atoms with E-state index >= 15 is 0 Å². The van der Waals surface area contributed by atoms with Gasteiger partial charge in [0.15, 0.2) is 0 Å². The number of carbonyl (C=O) groups is 2. The smallest absolute Gasteiger partial charge is 0.246 e. The molecular formula is C21H25N3O3. The van der Waals surface area contributed by atoms with Gasteiger partial charge in [0.1, 0.15) is 11.5 Å². The van der Waals surface area contributed by atoms with Gasteiger partial charge in [-0.2, -0.15) is 0 Å². The minimum absolute atomic E-state index is 0.00354. The lowest BCUT2D eigenvalue weighted by Gasteiger charge is -2.32. The van der Waals surface area contributed by atoms with E-state index in [4.69, 9.17) is 4.52 Å². The fourth-order valence-corrected chi connectivity index (χ4v) is 3.31. The molecule has 1 aliphatic heterocycles. The van der Waals surface area contributed by atoms with Gasteiger partial charge >= 0.3 is 0 Å². The lowest BCUT2D eigenvalue weighted by Crippen LogP contribution is -2.42. The van der Waals surface area contributed by atoms with E-state index in [1.807, 2.05) is 54.3 Å². The van der Waals surface area contributed by atoms with E-state index in [0.29, 0.717) is 32.5 Å². The molecule has 27 heavy (non-hydrogen) atoms. The van der Waals surface area contributed by atoms with Crippen LogP contribution in [0, 0.1) is 12.8 Å². The summed E-state index contributed by atoms with van der Waals surface area (Å²) in [4.78, 5) is 28.5. The van der Waals surface area contributed by atoms with E-state index in [-0.39, 0.29) is 17.7 Å². The number of benzene rings is 1. The highest BCUT2D eigenvalue weighted by Gasteiger charge is 2.28. The van der Waals surface area contributed by atoms with Crippen molar-refractivity contribution in [2.75, 3.05) is 20.1 Å². The maximum atomic E-state index is 12.6. The molecule has 1 aromatic heterocycles. The van der Waals surface area contributed by atoms with Crippen LogP contribution < -0.4 is 0 Å². The van der Waals surface area contributed by atoms with Crippen molar-refractivity contribution in [2.24, 2.45) is 5.92 Å². The van der Waals surface area contributed by atoms with Crippen LogP contribution in [0.1, 0.15) is 29.9 Å². The number of likely N-dealkylation sites (tertiary alicyclic amines) is 1. The monoisotopic (exact) mass is 367 g/mol. The van der Waals surface area contributed by atoms with Crippen LogP contribution in [0.15, 0.2) is 47.0 Å². The van der Waals surface area contributed by atoms with E-state index in [2.05, 4.69) is 5.16 Å². The number of amides is 2. The van der Waals surface area contributed by atoms with Gasteiger partial charge in [0.2, 0.25) is 11.8 Å². The van der Waals surface area contributed by atoms with E-state index in [1.54, 1.807) is 18.0 Å². The average Bonchev–Trinajstić information content (AvgIpc) is 3.11. The van der Waals surface area contributed by atoms with Crippen LogP contribution in [-0.2, 0) is 16.1 Å². The molecule has 2 amide bonds. The highest BCUT2D eigenvalue weighted by molar-refractivity contribution is 5.92. The maximum Gasteiger partial charge on any atom is 0.246 e. The van der Waals surface area contributed by atoms with Crippen LogP contribution >= 0.6 is 0 Å². The molecule has 0 N–H and O–H groups in total. The summed E-state index contributed by atoms with van der Waals surface area (Å²) in [6, 6.07) is 11.6. The number of piperidine rings is 1. The predicted octanol–water partition coefficient (Wildman–Crippen LogP) is 2.89. The molecule has 0 atom stereocenters. The number of rotatable bonds is 5. The molecule has 3 rings (SSSR count). The van der Waals surface area contributed by atoms with E-state index < -0.39 is 0 Å². The molecule has 142 valence electrons. The van der Waals surface area contributed by atoms with Crippen molar-refractivity contribution in [3.05, 3.63) is 59.5 Å². The van der Waals surface area contributed by atoms with Gasteiger partial charge in [0.25, 0.3) is 0 Å². The Morgan fingerprint density at radius 3 is 2.59 bits per heavy atom. The number of nitrogens with zero attached hydrogens (tertiary/aromatic N) is 3. The second kappa shape index (κ2) is 8.66. The molecule has 0 aliphatic carbocycles. The summed E-state index contributed by atoms with van der Waals surface area (Å²) in [6.07, 6.45) is 4.81. The van der Waals surface area contributed by atoms with Crippen molar-refractivity contribution < 1.29 is 14.1 Å². The third kappa shape index (κ3) is 5.06. The summed E-state index contributed by atoms with van der Waals surface area (Å²) in [6.45, 7) is 3.48. The molecule has 1 saturated heterocycles. The van der Waals surface area contributed by atoms with Crippen LogP contribution in [0.4, 0.5) is 0 Å². The number of hydrogen-bond donors (Lipinski definition) is 0. The van der Waals surface area contributed by atoms with Crippen molar-refractivity contribution in [3.63, 3.8) is 0 Å². The van der Waals surface area contributed by atoms with E-state index in [9.17, 15) is 9.59 Å². The largest absolute Gasteiger partial charge is 0.361 e. The standard InChI is InChI=1S/C21H25N3O3/c1-16-14-19(22-27-16)15-23(2)21(26)18-10-12-24(13-11-18)20(25)9-8-17-6-4-3-5-7-17/h3-9,14,18H,10-13,15H2,1-2H3/b9-8+. The molecule has 0 saturated carbocycles. The van der Waals surface area contributed by atoms with Gasteiger partial charge in [-0.1, -0.05) is 35.5 Å². The summed E-state index contributed by atoms with van der Waals surface area (Å²) in [5, 5.41) is 3.93. The molecule has 0 unspecified atom stereocenters. The Morgan fingerprint density at radius 2 is 1.96 bits per heavy atom. The van der Waals surface area contributed by atoms with Crippen molar-refractivity contribution in [3.8, 4) is 0 Å². The zero-order chi connectivity index (χ0) is 19.2. The van der Waals surface area contributed by atoms with Gasteiger partial charge in [-0.05, 0) is 31.4 Å². The van der Waals surface area contributed by atoms with E-state index in [1.165, 1.54) is 0 Å². The third-order valence-corrected chi connectivity index (χ3v) is 4.83. The minimum atomic E-state index is -0.0508. The molecule has 2 aromatic rings. The van der Waals surface area contributed by atoms with Crippen LogP contribution in [0.25, 0.3) is 6.08 Å². The predicted molar refractivity (Wildman–Crippen MR) is 102 cm³/mol. The molecular weight excluding hydrogens is 342 g/mol. The van der Waals surface area contributed by atoms with Crippen molar-refractivity contribution in [2.45, 2.75) is 26.3 Å². The first-order chi connectivity index (χ1) is 13.0. The zero-order valence-corrected chi connectivity index (χ0v) is 15.8. The Morgan fingerprint density at radius 1 is 1.26 bits per heavy atom. The molecule has 2 heterocycles. The first-order valence-corrected chi connectivity index (χ1v) is 9.22. The van der Waals surface area contributed by atoms with Crippen molar-refractivity contribution in [1.82, 2.24) is 15.0 Å². The second-order valence-corrected chi connectivity index (χ2v) is 6.97. The van der Waals surface area contributed by atoms with Gasteiger partial charge in [0, 0.05) is 38.2 Å². The highest BCUT2D eigenvalue weighted by Crippen LogP contribution is 2.20. The van der Waals surface area contributed by atoms with Crippen LogP contribution in [0.5, 0.6) is 0 Å². The Balaban J connectivity index is 1.48. The normalized spacial score (nSPS) is 15.3. The Labute approximate surface area is 159 Å². The quantitative estimate of drug-likeness (QED) is 0.762. The average molecular weight is 367 g/mol. The van der Waals surface area contributed by atoms with Crippen molar-refractivity contribution in [1.29, 1.82) is 0 Å². The molecule has 6 heteroatoms. The first-order valence-electron chi connectivity index (χ1n) is 9.22. The van der Waals surface area contributed by atoms with E-state index in [0.717, 1.165) is 17.0 Å². The summed E-state index contributed by atoms with van der Waals surface area (Å²) in [5.41, 5.74) is 1.75. The topological polar surface area (TPSA) is 66.7 Å². The van der Waals surface area contributed by atoms with Gasteiger partial charge in [0.05, 0.1) is 6.54 Å². The summed E-state index contributed by atoms with van der Waals surface area (Å²) in [5.74, 6) is 0.783. The fourth-order valence-electron chi connectivity index (χ4n) is 3.31. The molecule has 1 fully saturated rings. The van der Waals surface area contributed by atoms with Crippen LogP contribution in [0.2, 0.25) is 0 Å². The van der Waals surface area contributed by atoms with Crippen LogP contribution in [-0.4, -0.2) is 46.9 Å². The highest BCUT2D eigenvalue weighted by atomic mass is 16.5. The molecule has 1 aromatic carbocycles. The molecule has 0 radical (unpaired) electrons. The zero-order valence-electron chi connectivity index (χ0n) is 15.8. The fraction of sp³-hybridized carbons (Fsp3) is 0.381. The lowest BCUT2D eigenvalue weighted by molar-refractivity contribution is -0.138. The molecule has 1 aliphatic rings. The molecule has 0 spiro atoms. The Kier molecular flexibility index (Phi) is 6.06. The number of aryl methyl sites for hydroxylation is 1. The summed E-state index contributed by atoms with van der Waals surface area (Å²) in [7, 11) is 1.78. The van der Waals surface area contributed by atoms with Crippen LogP contribution in [0.3, 0.4) is 0 Å². The van der Waals surface area contributed by atoms with Gasteiger partial charge in [-0.25, -0.2) is 0 Å². The maximum absolute atomic E-state index is 12.6. The first kappa shape index (κ1) is 18.9. The number of aromatic nitrogens is 1. The van der Waals surface area contributed by atoms with Crippen molar-refractivity contribution >= 4 is 17.9 Å². The summed E-state index contributed by atoms with van der Waals surface area (Å²) >= 11 is 0. The lowest BCUT2D eigenvalue weighted by atomic mass is 9.95. The second-order valence-electron chi connectivity index (χ2n) is 6.97. The summed E-state index contributed by atoms with van der Waals surface area (Å²) < 4.78 is 5.05. The molecule has 6 nitrogen and oxygen atoms in total. The Bertz CT molecular complexity index is 805. The van der Waals surface area contributed by atoms with Gasteiger partial charge < -0.3 is 14.3 Å². The third-order valence-electron chi connectivity index (χ3n) is 4.83. The number of hydrogen-bond acceptors (Lipinski definition) is 4. The van der Waals surface area contributed by atoms with Gasteiger partial charge in [-0.3, -0.25) is 9.59 Å².